The number of carbonyl (C=O) groups excluding carboxylic acids is 2. The molecule has 2 heterocycles. The number of benzene rings is 1. The van der Waals surface area contributed by atoms with Crippen molar-refractivity contribution in [2.24, 2.45) is 4.99 Å². The Morgan fingerprint density at radius 1 is 1.15 bits per heavy atom. The Morgan fingerprint density at radius 2 is 1.88 bits per heavy atom. The smallest absolute Gasteiger partial charge is 0.249 e. The lowest BCUT2D eigenvalue weighted by Crippen LogP contribution is -2.45. The zero-order valence-electron chi connectivity index (χ0n) is 19.7. The second kappa shape index (κ2) is 9.95. The summed E-state index contributed by atoms with van der Waals surface area (Å²) >= 11 is 1.53. The number of ether oxygens (including phenoxy) is 2. The normalized spacial score (nSPS) is 16.7. The Bertz CT molecular complexity index is 1090. The number of methoxy groups -OCH3 is 2. The monoisotopic (exact) mass is 469 g/mol. The van der Waals surface area contributed by atoms with Crippen LogP contribution in [0.5, 0.6) is 11.5 Å². The number of hydrogen-bond acceptors (Lipinski definition) is 6. The molecule has 0 spiro atoms. The fraction of sp³-hybridized carbons (Fsp3) is 0.480. The highest BCUT2D eigenvalue weighted by Crippen LogP contribution is 2.39. The summed E-state index contributed by atoms with van der Waals surface area (Å²) in [6, 6.07) is 5.85. The maximum Gasteiger partial charge on any atom is 0.249 e. The van der Waals surface area contributed by atoms with E-state index in [0.717, 1.165) is 58.0 Å². The summed E-state index contributed by atoms with van der Waals surface area (Å²) in [7, 11) is 3.19. The summed E-state index contributed by atoms with van der Waals surface area (Å²) in [5.41, 5.74) is 3.55. The van der Waals surface area contributed by atoms with Crippen LogP contribution in [0.1, 0.15) is 53.7 Å². The summed E-state index contributed by atoms with van der Waals surface area (Å²) in [6.07, 6.45) is 5.53. The highest BCUT2D eigenvalue weighted by molar-refractivity contribution is 7.17. The highest BCUT2D eigenvalue weighted by Gasteiger charge is 2.31. The van der Waals surface area contributed by atoms with E-state index in [0.29, 0.717) is 11.5 Å². The van der Waals surface area contributed by atoms with Gasteiger partial charge in [-0.05, 0) is 50.5 Å². The number of aryl methyl sites for hydroxylation is 1. The molecule has 1 N–H and O–H groups in total. The summed E-state index contributed by atoms with van der Waals surface area (Å²) < 4.78 is 10.9. The van der Waals surface area contributed by atoms with Gasteiger partial charge in [0.15, 0.2) is 11.5 Å². The topological polar surface area (TPSA) is 80.2 Å². The molecule has 8 heteroatoms. The van der Waals surface area contributed by atoms with Gasteiger partial charge in [0.05, 0.1) is 19.9 Å². The zero-order chi connectivity index (χ0) is 23.5. The molecule has 0 atom stereocenters. The van der Waals surface area contributed by atoms with Crippen molar-refractivity contribution in [3.05, 3.63) is 39.8 Å². The first-order chi connectivity index (χ1) is 15.9. The maximum atomic E-state index is 13.1. The quantitative estimate of drug-likeness (QED) is 0.693. The van der Waals surface area contributed by atoms with Gasteiger partial charge < -0.3 is 14.8 Å². The van der Waals surface area contributed by atoms with Crippen LogP contribution in [-0.4, -0.2) is 50.9 Å². The number of rotatable bonds is 6. The number of carbonyl (C=O) groups is 2. The molecule has 7 nitrogen and oxygen atoms in total. The molecule has 1 fully saturated rings. The van der Waals surface area contributed by atoms with Crippen LogP contribution >= 0.6 is 11.3 Å². The van der Waals surface area contributed by atoms with Gasteiger partial charge in [0.1, 0.15) is 18.1 Å². The summed E-state index contributed by atoms with van der Waals surface area (Å²) in [5.74, 6) is 0.945. The third-order valence-electron chi connectivity index (χ3n) is 6.45. The van der Waals surface area contributed by atoms with Crippen molar-refractivity contribution in [1.82, 2.24) is 5.32 Å². The van der Waals surface area contributed by atoms with Gasteiger partial charge in [0.25, 0.3) is 0 Å². The minimum absolute atomic E-state index is 0.0104. The van der Waals surface area contributed by atoms with Gasteiger partial charge in [-0.15, -0.1) is 11.3 Å². The molecule has 2 amide bonds. The average molecular weight is 470 g/mol. The Balaban J connectivity index is 1.67. The summed E-state index contributed by atoms with van der Waals surface area (Å²) in [5, 5.41) is 3.91. The molecule has 1 aliphatic carbocycles. The lowest BCUT2D eigenvalue weighted by molar-refractivity contribution is -0.123. The number of thiophene rings is 1. The van der Waals surface area contributed by atoms with Crippen molar-refractivity contribution in [2.75, 3.05) is 32.2 Å². The molecule has 176 valence electrons. The lowest BCUT2D eigenvalue weighted by Gasteiger charge is -2.25. The molecule has 1 saturated carbocycles. The van der Waals surface area contributed by atoms with Crippen LogP contribution in [0.25, 0.3) is 0 Å². The van der Waals surface area contributed by atoms with Crippen molar-refractivity contribution >= 4 is 33.9 Å². The fourth-order valence-corrected chi connectivity index (χ4v) is 5.72. The van der Waals surface area contributed by atoms with Crippen molar-refractivity contribution in [3.63, 3.8) is 0 Å². The Labute approximate surface area is 198 Å². The third-order valence-corrected chi connectivity index (χ3v) is 7.68. The standard InChI is InChI=1S/C25H31N3O4S/c1-15-16(2)33-25-23(15)24(17-10-11-19(31-3)20(12-17)32-4)26-13-22(30)28(25)14-21(29)27-18-8-6-5-7-9-18/h10-12,18H,5-9,13-14H2,1-4H3,(H,27,29). The Morgan fingerprint density at radius 3 is 2.58 bits per heavy atom. The van der Waals surface area contributed by atoms with Gasteiger partial charge in [0, 0.05) is 22.0 Å². The number of nitrogens with one attached hydrogen (secondary N) is 1. The van der Waals surface area contributed by atoms with Crippen LogP contribution in [-0.2, 0) is 9.59 Å². The minimum Gasteiger partial charge on any atom is -0.493 e. The lowest BCUT2D eigenvalue weighted by atomic mass is 9.95. The molecule has 1 aromatic heterocycles. The van der Waals surface area contributed by atoms with Gasteiger partial charge in [0.2, 0.25) is 11.8 Å². The van der Waals surface area contributed by atoms with E-state index in [4.69, 9.17) is 14.5 Å². The summed E-state index contributed by atoms with van der Waals surface area (Å²) in [6.45, 7) is 4.07. The van der Waals surface area contributed by atoms with Gasteiger partial charge in [-0.3, -0.25) is 19.5 Å². The van der Waals surface area contributed by atoms with Crippen LogP contribution in [0.15, 0.2) is 23.2 Å². The number of nitrogens with zero attached hydrogens (tertiary/aromatic N) is 2. The van der Waals surface area contributed by atoms with Crippen LogP contribution < -0.4 is 19.7 Å². The first-order valence-electron chi connectivity index (χ1n) is 11.4. The van der Waals surface area contributed by atoms with E-state index in [-0.39, 0.29) is 30.9 Å². The Kier molecular flexibility index (Phi) is 7.02. The van der Waals surface area contributed by atoms with Gasteiger partial charge in [-0.1, -0.05) is 19.3 Å². The second-order valence-electron chi connectivity index (χ2n) is 8.58. The van der Waals surface area contributed by atoms with Gasteiger partial charge >= 0.3 is 0 Å². The molecule has 0 saturated heterocycles. The molecule has 0 bridgehead atoms. The van der Waals surface area contributed by atoms with Gasteiger partial charge in [-0.2, -0.15) is 0 Å². The van der Waals surface area contributed by atoms with E-state index < -0.39 is 0 Å². The second-order valence-corrected chi connectivity index (χ2v) is 9.78. The number of aliphatic imine (C=N–C) groups is 1. The minimum atomic E-state index is -0.174. The zero-order valence-corrected chi connectivity index (χ0v) is 20.5. The molecule has 4 rings (SSSR count). The molecule has 2 aliphatic rings. The van der Waals surface area contributed by atoms with E-state index in [2.05, 4.69) is 5.32 Å². The van der Waals surface area contributed by atoms with Crippen molar-refractivity contribution in [2.45, 2.75) is 52.0 Å². The third kappa shape index (κ3) is 4.76. The SMILES string of the molecule is COc1ccc(C2=NCC(=O)N(CC(=O)NC3CCCCC3)c3sc(C)c(C)c32)cc1OC. The molecule has 1 aliphatic heterocycles. The number of anilines is 1. The molecular weight excluding hydrogens is 438 g/mol. The Hall–Kier alpha value is -2.87. The highest BCUT2D eigenvalue weighted by atomic mass is 32.1. The van der Waals surface area contributed by atoms with E-state index in [1.165, 1.54) is 17.8 Å². The molecule has 0 radical (unpaired) electrons. The molecule has 33 heavy (non-hydrogen) atoms. The van der Waals surface area contributed by atoms with Crippen LogP contribution in [0, 0.1) is 13.8 Å². The van der Waals surface area contributed by atoms with Crippen LogP contribution in [0.2, 0.25) is 0 Å². The molecule has 2 aromatic rings. The van der Waals surface area contributed by atoms with E-state index in [9.17, 15) is 9.59 Å². The van der Waals surface area contributed by atoms with Crippen molar-refractivity contribution in [1.29, 1.82) is 0 Å². The van der Waals surface area contributed by atoms with Crippen molar-refractivity contribution < 1.29 is 19.1 Å². The van der Waals surface area contributed by atoms with E-state index in [1.54, 1.807) is 19.1 Å². The van der Waals surface area contributed by atoms with Crippen LogP contribution in [0.3, 0.4) is 0 Å². The number of amides is 2. The van der Waals surface area contributed by atoms with Gasteiger partial charge in [-0.25, -0.2) is 0 Å². The maximum absolute atomic E-state index is 13.1. The fourth-order valence-electron chi connectivity index (χ4n) is 4.55. The molecular formula is C25H31N3O4S. The first kappa shape index (κ1) is 23.3. The predicted molar refractivity (Wildman–Crippen MR) is 131 cm³/mol. The van der Waals surface area contributed by atoms with E-state index >= 15 is 0 Å². The van der Waals surface area contributed by atoms with E-state index in [1.807, 2.05) is 32.0 Å². The molecule has 0 unspecified atom stereocenters. The summed E-state index contributed by atoms with van der Waals surface area (Å²) in [4.78, 5) is 33.4. The molecule has 1 aromatic carbocycles. The predicted octanol–water partition coefficient (Wildman–Crippen LogP) is 4.02. The number of hydrogen-bond donors (Lipinski definition) is 1. The van der Waals surface area contributed by atoms with Crippen LogP contribution in [0.4, 0.5) is 5.00 Å². The number of fused-ring (bicyclic) bond motifs is 1. The average Bonchev–Trinajstić information content (AvgIpc) is 3.04. The van der Waals surface area contributed by atoms with Crippen molar-refractivity contribution in [3.8, 4) is 11.5 Å². The first-order valence-corrected chi connectivity index (χ1v) is 12.2. The largest absolute Gasteiger partial charge is 0.493 e.